The summed E-state index contributed by atoms with van der Waals surface area (Å²) in [5.74, 6) is 0.732. The molecule has 0 aliphatic heterocycles. The second-order valence-electron chi connectivity index (χ2n) is 4.51. The fourth-order valence-corrected chi connectivity index (χ4v) is 2.33. The minimum atomic E-state index is 0.488. The zero-order chi connectivity index (χ0) is 11.3. The molecule has 1 fully saturated rings. The number of hydrogen-bond donors (Lipinski definition) is 1. The van der Waals surface area contributed by atoms with Gasteiger partial charge in [0.1, 0.15) is 0 Å². The van der Waals surface area contributed by atoms with Gasteiger partial charge in [0, 0.05) is 13.1 Å². The van der Waals surface area contributed by atoms with Gasteiger partial charge >= 0.3 is 0 Å². The number of guanidine groups is 1. The Morgan fingerprint density at radius 2 is 1.87 bits per heavy atom. The molecule has 0 unspecified atom stereocenters. The molecule has 0 spiro atoms. The van der Waals surface area contributed by atoms with Gasteiger partial charge in [0.15, 0.2) is 5.96 Å². The fourth-order valence-electron chi connectivity index (χ4n) is 2.33. The maximum Gasteiger partial charge on any atom is 0.191 e. The summed E-state index contributed by atoms with van der Waals surface area (Å²) in [6, 6.07) is 1.02. The molecule has 1 aliphatic rings. The summed E-state index contributed by atoms with van der Waals surface area (Å²) in [6.45, 7) is 4.40. The van der Waals surface area contributed by atoms with Crippen LogP contribution in [0.4, 0.5) is 0 Å². The molecule has 0 saturated heterocycles. The average molecular weight is 211 g/mol. The predicted molar refractivity (Wildman–Crippen MR) is 66.0 cm³/mol. The van der Waals surface area contributed by atoms with E-state index in [0.717, 1.165) is 18.8 Å². The molecule has 0 aromatic rings. The van der Waals surface area contributed by atoms with Gasteiger partial charge < -0.3 is 10.6 Å². The first kappa shape index (κ1) is 12.3. The van der Waals surface area contributed by atoms with Crippen LogP contribution in [0.15, 0.2) is 4.99 Å². The molecule has 0 aromatic carbocycles. The predicted octanol–water partition coefficient (Wildman–Crippen LogP) is 2.36. The first-order valence-corrected chi connectivity index (χ1v) is 6.25. The van der Waals surface area contributed by atoms with E-state index in [4.69, 9.17) is 5.73 Å². The molecule has 0 bridgehead atoms. The van der Waals surface area contributed by atoms with Crippen LogP contribution in [0.3, 0.4) is 0 Å². The number of nitrogens with zero attached hydrogens (tertiary/aromatic N) is 2. The number of hydrogen-bond acceptors (Lipinski definition) is 1. The van der Waals surface area contributed by atoms with Crippen LogP contribution in [0.25, 0.3) is 0 Å². The second-order valence-corrected chi connectivity index (χ2v) is 4.51. The minimum Gasteiger partial charge on any atom is -0.370 e. The third-order valence-corrected chi connectivity index (χ3v) is 3.49. The average Bonchev–Trinajstić information content (AvgIpc) is 2.72. The van der Waals surface area contributed by atoms with Crippen molar-refractivity contribution >= 4 is 5.96 Å². The summed E-state index contributed by atoms with van der Waals surface area (Å²) < 4.78 is 0. The Labute approximate surface area is 93.7 Å². The first-order chi connectivity index (χ1) is 7.19. The molecule has 88 valence electrons. The normalized spacial score (nSPS) is 18.8. The lowest BCUT2D eigenvalue weighted by Gasteiger charge is -2.27. The van der Waals surface area contributed by atoms with E-state index in [1.807, 2.05) is 0 Å². The molecular formula is C12H25N3. The fraction of sp³-hybridized carbons (Fsp3) is 0.917. The molecule has 2 N–H and O–H groups in total. The van der Waals surface area contributed by atoms with Crippen molar-refractivity contribution in [1.82, 2.24) is 4.90 Å². The number of rotatable bonds is 4. The quantitative estimate of drug-likeness (QED) is 0.573. The van der Waals surface area contributed by atoms with E-state index in [2.05, 4.69) is 30.8 Å². The monoisotopic (exact) mass is 211 g/mol. The molecule has 0 radical (unpaired) electrons. The lowest BCUT2D eigenvalue weighted by molar-refractivity contribution is 0.340. The van der Waals surface area contributed by atoms with Crippen LogP contribution in [0.5, 0.6) is 0 Å². The van der Waals surface area contributed by atoms with E-state index in [9.17, 15) is 0 Å². The van der Waals surface area contributed by atoms with E-state index in [-0.39, 0.29) is 0 Å². The minimum absolute atomic E-state index is 0.488. The highest BCUT2D eigenvalue weighted by molar-refractivity contribution is 5.78. The van der Waals surface area contributed by atoms with Gasteiger partial charge in [-0.2, -0.15) is 0 Å². The second kappa shape index (κ2) is 5.99. The summed E-state index contributed by atoms with van der Waals surface area (Å²) in [4.78, 5) is 6.75. The smallest absolute Gasteiger partial charge is 0.191 e. The number of nitrogens with two attached hydrogens (primary N) is 1. The van der Waals surface area contributed by atoms with Crippen LogP contribution in [0.1, 0.15) is 52.4 Å². The first-order valence-electron chi connectivity index (χ1n) is 6.25. The Balaban J connectivity index is 2.52. The Morgan fingerprint density at radius 1 is 1.33 bits per heavy atom. The van der Waals surface area contributed by atoms with Crippen molar-refractivity contribution in [2.45, 2.75) is 64.5 Å². The molecule has 1 saturated carbocycles. The van der Waals surface area contributed by atoms with Gasteiger partial charge in [-0.25, -0.2) is 4.99 Å². The van der Waals surface area contributed by atoms with Crippen molar-refractivity contribution in [1.29, 1.82) is 0 Å². The maximum atomic E-state index is 6.02. The Kier molecular flexibility index (Phi) is 4.92. The van der Waals surface area contributed by atoms with Gasteiger partial charge in [-0.05, 0) is 25.7 Å². The van der Waals surface area contributed by atoms with E-state index in [0.29, 0.717) is 12.1 Å². The molecule has 1 rings (SSSR count). The van der Waals surface area contributed by atoms with Crippen molar-refractivity contribution in [3.05, 3.63) is 0 Å². The SMILES string of the molecule is CCC(CC)N(C)C(N)=NC1CCCC1. The zero-order valence-corrected chi connectivity index (χ0v) is 10.4. The largest absolute Gasteiger partial charge is 0.370 e. The molecule has 0 amide bonds. The summed E-state index contributed by atoms with van der Waals surface area (Å²) in [6.07, 6.45) is 7.34. The lowest BCUT2D eigenvalue weighted by Crippen LogP contribution is -2.41. The van der Waals surface area contributed by atoms with Gasteiger partial charge in [-0.3, -0.25) is 0 Å². The summed E-state index contributed by atoms with van der Waals surface area (Å²) in [5.41, 5.74) is 6.02. The van der Waals surface area contributed by atoms with Crippen molar-refractivity contribution in [2.75, 3.05) is 7.05 Å². The van der Waals surface area contributed by atoms with Crippen LogP contribution < -0.4 is 5.73 Å². The third kappa shape index (κ3) is 3.40. The third-order valence-electron chi connectivity index (χ3n) is 3.49. The van der Waals surface area contributed by atoms with Gasteiger partial charge in [0.25, 0.3) is 0 Å². The van der Waals surface area contributed by atoms with Gasteiger partial charge in [-0.15, -0.1) is 0 Å². The topological polar surface area (TPSA) is 41.6 Å². The van der Waals surface area contributed by atoms with Crippen molar-refractivity contribution in [3.8, 4) is 0 Å². The summed E-state index contributed by atoms with van der Waals surface area (Å²) in [7, 11) is 2.06. The molecule has 0 heterocycles. The standard InChI is InChI=1S/C12H25N3/c1-4-11(5-2)15(3)12(13)14-10-8-6-7-9-10/h10-11H,4-9H2,1-3H3,(H2,13,14). The highest BCUT2D eigenvalue weighted by Gasteiger charge is 2.17. The molecule has 0 aromatic heterocycles. The Morgan fingerprint density at radius 3 is 2.33 bits per heavy atom. The van der Waals surface area contributed by atoms with E-state index in [1.165, 1.54) is 25.7 Å². The van der Waals surface area contributed by atoms with E-state index >= 15 is 0 Å². The lowest BCUT2D eigenvalue weighted by atomic mass is 10.1. The van der Waals surface area contributed by atoms with Gasteiger partial charge in [0.2, 0.25) is 0 Å². The van der Waals surface area contributed by atoms with E-state index < -0.39 is 0 Å². The Hall–Kier alpha value is -0.730. The van der Waals surface area contributed by atoms with Gasteiger partial charge in [-0.1, -0.05) is 26.7 Å². The van der Waals surface area contributed by atoms with Crippen LogP contribution >= 0.6 is 0 Å². The molecule has 1 aliphatic carbocycles. The van der Waals surface area contributed by atoms with Crippen molar-refractivity contribution in [2.24, 2.45) is 10.7 Å². The number of aliphatic imine (C=N–C) groups is 1. The zero-order valence-electron chi connectivity index (χ0n) is 10.4. The molecule has 0 atom stereocenters. The summed E-state index contributed by atoms with van der Waals surface area (Å²) >= 11 is 0. The maximum absolute atomic E-state index is 6.02. The van der Waals surface area contributed by atoms with Gasteiger partial charge in [0.05, 0.1) is 6.04 Å². The summed E-state index contributed by atoms with van der Waals surface area (Å²) in [5, 5.41) is 0. The van der Waals surface area contributed by atoms with Crippen molar-refractivity contribution in [3.63, 3.8) is 0 Å². The van der Waals surface area contributed by atoms with Crippen LogP contribution in [-0.2, 0) is 0 Å². The van der Waals surface area contributed by atoms with Crippen LogP contribution in [0.2, 0.25) is 0 Å². The molecular weight excluding hydrogens is 186 g/mol. The van der Waals surface area contributed by atoms with Crippen molar-refractivity contribution < 1.29 is 0 Å². The molecule has 3 nitrogen and oxygen atoms in total. The van der Waals surface area contributed by atoms with Crippen LogP contribution in [0, 0.1) is 0 Å². The highest BCUT2D eigenvalue weighted by Crippen LogP contribution is 2.21. The highest BCUT2D eigenvalue weighted by atomic mass is 15.3. The molecule has 3 heteroatoms. The Bertz CT molecular complexity index is 203. The van der Waals surface area contributed by atoms with E-state index in [1.54, 1.807) is 0 Å². The van der Waals surface area contributed by atoms with Crippen LogP contribution in [-0.4, -0.2) is 30.0 Å². The molecule has 15 heavy (non-hydrogen) atoms.